The Kier molecular flexibility index (Phi) is 6.92. The van der Waals surface area contributed by atoms with Crippen LogP contribution in [-0.2, 0) is 0 Å². The summed E-state index contributed by atoms with van der Waals surface area (Å²) in [5.74, 6) is -0.299. The standard InChI is InChI=1S/C15H18ClFN2.2ClH/c1-19-11-5-6-12(19)8-10(7-11)18-9-13-14(16)3-2-4-15(13)17;;/h2-4,9-12H,5-8H2,1H3;2*1H. The molecule has 0 aliphatic carbocycles. The molecular weight excluding hydrogens is 334 g/mol. The van der Waals surface area contributed by atoms with E-state index >= 15 is 0 Å². The number of benzene rings is 1. The summed E-state index contributed by atoms with van der Waals surface area (Å²) in [5.41, 5.74) is 0.412. The number of hydrogen-bond acceptors (Lipinski definition) is 2. The molecule has 21 heavy (non-hydrogen) atoms. The Hall–Kier alpha value is -0.350. The zero-order chi connectivity index (χ0) is 13.4. The molecule has 118 valence electrons. The number of rotatable bonds is 2. The van der Waals surface area contributed by atoms with Crippen LogP contribution in [0.4, 0.5) is 4.39 Å². The first-order valence-electron chi connectivity index (χ1n) is 6.84. The molecule has 2 fully saturated rings. The third-order valence-corrected chi connectivity index (χ3v) is 4.82. The maximum Gasteiger partial charge on any atom is 0.133 e. The highest BCUT2D eigenvalue weighted by Crippen LogP contribution is 2.35. The molecular formula is C15H20Cl3FN2. The Morgan fingerprint density at radius 3 is 2.43 bits per heavy atom. The van der Waals surface area contributed by atoms with E-state index in [9.17, 15) is 4.39 Å². The van der Waals surface area contributed by atoms with Gasteiger partial charge in [-0.05, 0) is 44.9 Å². The van der Waals surface area contributed by atoms with Crippen molar-refractivity contribution in [2.75, 3.05) is 7.05 Å². The molecule has 2 heterocycles. The van der Waals surface area contributed by atoms with Crippen molar-refractivity contribution in [2.45, 2.75) is 43.8 Å². The van der Waals surface area contributed by atoms with Crippen molar-refractivity contribution in [1.82, 2.24) is 4.90 Å². The zero-order valence-electron chi connectivity index (χ0n) is 11.8. The highest BCUT2D eigenvalue weighted by Gasteiger charge is 2.38. The van der Waals surface area contributed by atoms with Crippen LogP contribution in [-0.4, -0.2) is 36.3 Å². The predicted molar refractivity (Wildman–Crippen MR) is 91.1 cm³/mol. The van der Waals surface area contributed by atoms with Crippen LogP contribution in [0, 0.1) is 5.82 Å². The van der Waals surface area contributed by atoms with Gasteiger partial charge in [0.2, 0.25) is 0 Å². The monoisotopic (exact) mass is 352 g/mol. The summed E-state index contributed by atoms with van der Waals surface area (Å²) in [7, 11) is 2.20. The van der Waals surface area contributed by atoms with Crippen LogP contribution in [0.1, 0.15) is 31.2 Å². The van der Waals surface area contributed by atoms with Crippen molar-refractivity contribution in [3.05, 3.63) is 34.6 Å². The van der Waals surface area contributed by atoms with Gasteiger partial charge in [0.05, 0.1) is 11.1 Å². The summed E-state index contributed by atoms with van der Waals surface area (Å²) in [6.07, 6.45) is 6.32. The third kappa shape index (κ3) is 3.89. The minimum absolute atomic E-state index is 0. The average molecular weight is 354 g/mol. The van der Waals surface area contributed by atoms with Crippen molar-refractivity contribution < 1.29 is 4.39 Å². The van der Waals surface area contributed by atoms with E-state index in [0.717, 1.165) is 12.8 Å². The van der Waals surface area contributed by atoms with Crippen molar-refractivity contribution in [3.63, 3.8) is 0 Å². The van der Waals surface area contributed by atoms with Gasteiger partial charge in [-0.3, -0.25) is 4.99 Å². The normalized spacial score (nSPS) is 28.2. The molecule has 2 nitrogen and oxygen atoms in total. The van der Waals surface area contributed by atoms with Crippen LogP contribution in [0.2, 0.25) is 5.02 Å². The van der Waals surface area contributed by atoms with Crippen LogP contribution in [0.15, 0.2) is 23.2 Å². The summed E-state index contributed by atoms with van der Waals surface area (Å²) >= 11 is 6.00. The molecule has 1 aromatic rings. The Balaban J connectivity index is 0.00000110. The number of aliphatic imine (C=N–C) groups is 1. The first-order chi connectivity index (χ1) is 9.15. The van der Waals surface area contributed by atoms with Crippen molar-refractivity contribution in [3.8, 4) is 0 Å². The lowest BCUT2D eigenvalue weighted by atomic mass is 9.98. The first-order valence-corrected chi connectivity index (χ1v) is 7.22. The summed E-state index contributed by atoms with van der Waals surface area (Å²) in [6, 6.07) is 6.35. The van der Waals surface area contributed by atoms with E-state index in [4.69, 9.17) is 11.6 Å². The maximum absolute atomic E-state index is 13.6. The lowest BCUT2D eigenvalue weighted by Gasteiger charge is -2.34. The van der Waals surface area contributed by atoms with E-state index in [-0.39, 0.29) is 30.6 Å². The molecule has 6 heteroatoms. The van der Waals surface area contributed by atoms with Gasteiger partial charge in [-0.25, -0.2) is 4.39 Å². The van der Waals surface area contributed by atoms with Crippen LogP contribution in [0.5, 0.6) is 0 Å². The van der Waals surface area contributed by atoms with Crippen LogP contribution >= 0.6 is 36.4 Å². The second-order valence-corrected chi connectivity index (χ2v) is 6.00. The van der Waals surface area contributed by atoms with Gasteiger partial charge in [0.1, 0.15) is 5.82 Å². The van der Waals surface area contributed by atoms with Crippen LogP contribution in [0.3, 0.4) is 0 Å². The Labute approximate surface area is 142 Å². The summed E-state index contributed by atoms with van der Waals surface area (Å²) in [6.45, 7) is 0. The Morgan fingerprint density at radius 2 is 1.86 bits per heavy atom. The fourth-order valence-electron chi connectivity index (χ4n) is 3.32. The van der Waals surface area contributed by atoms with Crippen molar-refractivity contribution in [1.29, 1.82) is 0 Å². The van der Waals surface area contributed by atoms with E-state index in [1.807, 2.05) is 0 Å². The maximum atomic E-state index is 13.6. The molecule has 2 atom stereocenters. The second kappa shape index (κ2) is 7.77. The third-order valence-electron chi connectivity index (χ3n) is 4.49. The van der Waals surface area contributed by atoms with Gasteiger partial charge in [-0.1, -0.05) is 17.7 Å². The van der Waals surface area contributed by atoms with Crippen LogP contribution < -0.4 is 0 Å². The van der Waals surface area contributed by atoms with Gasteiger partial charge in [0.15, 0.2) is 0 Å². The average Bonchev–Trinajstić information content (AvgIpc) is 2.62. The largest absolute Gasteiger partial charge is 0.300 e. The first kappa shape index (κ1) is 18.7. The topological polar surface area (TPSA) is 15.6 Å². The Bertz CT molecular complexity index is 475. The SMILES string of the molecule is CN1C2CCC1CC(N=Cc1c(F)cccc1Cl)C2.Cl.Cl. The molecule has 0 saturated carbocycles. The molecule has 0 aromatic heterocycles. The number of piperidine rings is 1. The fourth-order valence-corrected chi connectivity index (χ4v) is 3.53. The molecule has 0 radical (unpaired) electrons. The van der Waals surface area contributed by atoms with Gasteiger partial charge in [-0.2, -0.15) is 0 Å². The van der Waals surface area contributed by atoms with Gasteiger partial charge in [0, 0.05) is 23.9 Å². The molecule has 0 N–H and O–H groups in total. The van der Waals surface area contributed by atoms with Crippen LogP contribution in [0.25, 0.3) is 0 Å². The van der Waals surface area contributed by atoms with E-state index in [0.29, 0.717) is 28.7 Å². The number of nitrogens with zero attached hydrogens (tertiary/aromatic N) is 2. The number of halogens is 4. The minimum Gasteiger partial charge on any atom is -0.300 e. The summed E-state index contributed by atoms with van der Waals surface area (Å²) in [4.78, 5) is 7.05. The molecule has 0 amide bonds. The smallest absolute Gasteiger partial charge is 0.133 e. The van der Waals surface area contributed by atoms with Gasteiger partial charge in [-0.15, -0.1) is 24.8 Å². The number of fused-ring (bicyclic) bond motifs is 2. The minimum atomic E-state index is -0.299. The van der Waals surface area contributed by atoms with Crippen molar-refractivity contribution in [2.24, 2.45) is 4.99 Å². The molecule has 1 aromatic carbocycles. The fraction of sp³-hybridized carbons (Fsp3) is 0.533. The van der Waals surface area contributed by atoms with Gasteiger partial charge >= 0.3 is 0 Å². The highest BCUT2D eigenvalue weighted by molar-refractivity contribution is 6.33. The van der Waals surface area contributed by atoms with Gasteiger partial charge in [0.25, 0.3) is 0 Å². The number of hydrogen-bond donors (Lipinski definition) is 0. The molecule has 0 spiro atoms. The quantitative estimate of drug-likeness (QED) is 0.721. The predicted octanol–water partition coefficient (Wildman–Crippen LogP) is 4.37. The lowest BCUT2D eigenvalue weighted by Crippen LogP contribution is -2.41. The molecule has 3 rings (SSSR count). The molecule has 2 saturated heterocycles. The highest BCUT2D eigenvalue weighted by atomic mass is 35.5. The van der Waals surface area contributed by atoms with Crippen molar-refractivity contribution >= 4 is 42.6 Å². The van der Waals surface area contributed by atoms with Gasteiger partial charge < -0.3 is 4.90 Å². The van der Waals surface area contributed by atoms with E-state index in [1.165, 1.54) is 18.9 Å². The zero-order valence-corrected chi connectivity index (χ0v) is 14.2. The molecule has 2 aliphatic rings. The van der Waals surface area contributed by atoms with E-state index < -0.39 is 0 Å². The molecule has 2 unspecified atom stereocenters. The Morgan fingerprint density at radius 1 is 1.24 bits per heavy atom. The summed E-state index contributed by atoms with van der Waals surface area (Å²) < 4.78 is 13.6. The van der Waals surface area contributed by atoms with E-state index in [1.54, 1.807) is 18.3 Å². The lowest BCUT2D eigenvalue weighted by molar-refractivity contribution is 0.164. The van der Waals surface area contributed by atoms with E-state index in [2.05, 4.69) is 16.9 Å². The molecule has 2 aliphatic heterocycles. The molecule has 2 bridgehead atoms. The second-order valence-electron chi connectivity index (χ2n) is 5.59. The summed E-state index contributed by atoms with van der Waals surface area (Å²) in [5, 5.41) is 0.430.